The SMILES string of the molecule is CCC(CC)(NC(=O)c1ccc(C2CC2)c(OCC2CCCO2)n1)C(=O)NC. The Morgan fingerprint density at radius 1 is 1.25 bits per heavy atom. The van der Waals surface area contributed by atoms with Gasteiger partial charge in [-0.05, 0) is 50.5 Å². The second kappa shape index (κ2) is 8.90. The third-order valence-corrected chi connectivity index (χ3v) is 5.79. The van der Waals surface area contributed by atoms with E-state index in [0.717, 1.165) is 37.9 Å². The first kappa shape index (κ1) is 20.6. The van der Waals surface area contributed by atoms with Gasteiger partial charge >= 0.3 is 0 Å². The van der Waals surface area contributed by atoms with E-state index in [1.165, 1.54) is 0 Å². The smallest absolute Gasteiger partial charge is 0.270 e. The van der Waals surface area contributed by atoms with Crippen molar-refractivity contribution in [2.24, 2.45) is 0 Å². The molecule has 2 N–H and O–H groups in total. The van der Waals surface area contributed by atoms with Gasteiger partial charge in [0.2, 0.25) is 11.8 Å². The second-order valence-corrected chi connectivity index (χ2v) is 7.63. The third kappa shape index (κ3) is 4.46. The lowest BCUT2D eigenvalue weighted by molar-refractivity contribution is -0.127. The maximum absolute atomic E-state index is 12.9. The highest BCUT2D eigenvalue weighted by Crippen LogP contribution is 2.43. The van der Waals surface area contributed by atoms with Crippen LogP contribution in [-0.2, 0) is 9.53 Å². The van der Waals surface area contributed by atoms with Crippen molar-refractivity contribution in [3.8, 4) is 5.88 Å². The van der Waals surface area contributed by atoms with Gasteiger partial charge in [-0.3, -0.25) is 9.59 Å². The van der Waals surface area contributed by atoms with Gasteiger partial charge < -0.3 is 20.1 Å². The summed E-state index contributed by atoms with van der Waals surface area (Å²) < 4.78 is 11.6. The fraction of sp³-hybridized carbons (Fsp3) is 0.667. The van der Waals surface area contributed by atoms with Crippen molar-refractivity contribution in [1.82, 2.24) is 15.6 Å². The van der Waals surface area contributed by atoms with Crippen LogP contribution >= 0.6 is 0 Å². The van der Waals surface area contributed by atoms with Crippen LogP contribution in [0.1, 0.15) is 74.3 Å². The summed E-state index contributed by atoms with van der Waals surface area (Å²) >= 11 is 0. The molecule has 154 valence electrons. The van der Waals surface area contributed by atoms with Crippen LogP contribution in [0.5, 0.6) is 5.88 Å². The average molecular weight is 389 g/mol. The Labute approximate surface area is 166 Å². The summed E-state index contributed by atoms with van der Waals surface area (Å²) in [5, 5.41) is 5.54. The molecule has 2 fully saturated rings. The van der Waals surface area contributed by atoms with E-state index in [1.54, 1.807) is 13.1 Å². The third-order valence-electron chi connectivity index (χ3n) is 5.79. The highest BCUT2D eigenvalue weighted by molar-refractivity contribution is 5.98. The Hall–Kier alpha value is -2.15. The Morgan fingerprint density at radius 3 is 2.57 bits per heavy atom. The summed E-state index contributed by atoms with van der Waals surface area (Å²) in [6.45, 7) is 5.00. The number of ether oxygens (including phenoxy) is 2. The molecule has 28 heavy (non-hydrogen) atoms. The summed E-state index contributed by atoms with van der Waals surface area (Å²) in [5.41, 5.74) is 0.376. The molecule has 1 aromatic rings. The number of likely N-dealkylation sites (N-methyl/N-ethyl adjacent to an activating group) is 1. The lowest BCUT2D eigenvalue weighted by Gasteiger charge is -2.30. The van der Waals surface area contributed by atoms with E-state index < -0.39 is 5.54 Å². The minimum Gasteiger partial charge on any atom is -0.475 e. The number of nitrogens with one attached hydrogen (secondary N) is 2. The summed E-state index contributed by atoms with van der Waals surface area (Å²) in [6.07, 6.45) is 5.36. The van der Waals surface area contributed by atoms with Gasteiger partial charge in [-0.1, -0.05) is 19.9 Å². The van der Waals surface area contributed by atoms with Crippen LogP contribution in [0.4, 0.5) is 0 Å². The Balaban J connectivity index is 1.77. The fourth-order valence-corrected chi connectivity index (χ4v) is 3.67. The molecule has 1 aromatic heterocycles. The van der Waals surface area contributed by atoms with E-state index in [4.69, 9.17) is 9.47 Å². The molecule has 1 aliphatic carbocycles. The lowest BCUT2D eigenvalue weighted by atomic mass is 9.91. The summed E-state index contributed by atoms with van der Waals surface area (Å²) in [4.78, 5) is 29.7. The van der Waals surface area contributed by atoms with Crippen molar-refractivity contribution in [2.75, 3.05) is 20.3 Å². The van der Waals surface area contributed by atoms with Crippen LogP contribution in [0, 0.1) is 0 Å². The van der Waals surface area contributed by atoms with Gasteiger partial charge in [0, 0.05) is 19.2 Å². The molecule has 0 spiro atoms. The van der Waals surface area contributed by atoms with E-state index in [-0.39, 0.29) is 23.6 Å². The van der Waals surface area contributed by atoms with Gasteiger partial charge in [0.25, 0.3) is 5.91 Å². The van der Waals surface area contributed by atoms with Crippen LogP contribution in [-0.4, -0.2) is 48.7 Å². The number of hydrogen-bond acceptors (Lipinski definition) is 5. The minimum atomic E-state index is -0.943. The normalized spacial score (nSPS) is 19.3. The predicted molar refractivity (Wildman–Crippen MR) is 106 cm³/mol. The molecule has 2 aliphatic rings. The Bertz CT molecular complexity index is 708. The zero-order chi connectivity index (χ0) is 20.1. The topological polar surface area (TPSA) is 89.6 Å². The molecule has 1 aliphatic heterocycles. The van der Waals surface area contributed by atoms with Crippen LogP contribution in [0.25, 0.3) is 0 Å². The summed E-state index contributed by atoms with van der Waals surface area (Å²) in [6, 6.07) is 3.66. The van der Waals surface area contributed by atoms with Gasteiger partial charge in [-0.25, -0.2) is 4.98 Å². The molecule has 0 radical (unpaired) electrons. The first-order valence-electron chi connectivity index (χ1n) is 10.3. The van der Waals surface area contributed by atoms with E-state index in [9.17, 15) is 9.59 Å². The number of pyridine rings is 1. The van der Waals surface area contributed by atoms with E-state index >= 15 is 0 Å². The Kier molecular flexibility index (Phi) is 6.54. The van der Waals surface area contributed by atoms with E-state index in [0.29, 0.717) is 31.2 Å². The number of carbonyl (C=O) groups is 2. The van der Waals surface area contributed by atoms with Gasteiger partial charge in [0.1, 0.15) is 17.8 Å². The molecule has 1 atom stereocenters. The van der Waals surface area contributed by atoms with Crippen LogP contribution in [0.2, 0.25) is 0 Å². The van der Waals surface area contributed by atoms with E-state index in [2.05, 4.69) is 15.6 Å². The number of nitrogens with zero attached hydrogens (tertiary/aromatic N) is 1. The standard InChI is InChI=1S/C21H31N3O4/c1-4-21(5-2,20(26)22-3)24-18(25)17-11-10-16(14-8-9-14)19(23-17)28-13-15-7-6-12-27-15/h10-11,14-15H,4-9,12-13H2,1-3H3,(H,22,26)(H,24,25). The van der Waals surface area contributed by atoms with Crippen LogP contribution < -0.4 is 15.4 Å². The number of rotatable bonds is 9. The van der Waals surface area contributed by atoms with Crippen molar-refractivity contribution in [3.63, 3.8) is 0 Å². The molecular weight excluding hydrogens is 358 g/mol. The number of hydrogen-bond donors (Lipinski definition) is 2. The molecule has 1 saturated carbocycles. The molecule has 1 saturated heterocycles. The van der Waals surface area contributed by atoms with Crippen molar-refractivity contribution in [2.45, 2.75) is 69.9 Å². The molecule has 2 heterocycles. The Morgan fingerprint density at radius 2 is 2.00 bits per heavy atom. The minimum absolute atomic E-state index is 0.0902. The maximum atomic E-state index is 12.9. The average Bonchev–Trinajstić information content (AvgIpc) is 3.44. The van der Waals surface area contributed by atoms with Crippen molar-refractivity contribution >= 4 is 11.8 Å². The molecule has 0 bridgehead atoms. The molecule has 7 nitrogen and oxygen atoms in total. The monoisotopic (exact) mass is 389 g/mol. The fourth-order valence-electron chi connectivity index (χ4n) is 3.67. The largest absolute Gasteiger partial charge is 0.475 e. The maximum Gasteiger partial charge on any atom is 0.270 e. The van der Waals surface area contributed by atoms with E-state index in [1.807, 2.05) is 19.9 Å². The zero-order valence-electron chi connectivity index (χ0n) is 17.0. The molecule has 3 rings (SSSR count). The number of aromatic nitrogens is 1. The highest BCUT2D eigenvalue weighted by Gasteiger charge is 2.36. The van der Waals surface area contributed by atoms with Gasteiger partial charge in [-0.2, -0.15) is 0 Å². The highest BCUT2D eigenvalue weighted by atomic mass is 16.5. The summed E-state index contributed by atoms with van der Waals surface area (Å²) in [5.74, 6) is 0.413. The lowest BCUT2D eigenvalue weighted by Crippen LogP contribution is -2.57. The quantitative estimate of drug-likeness (QED) is 0.677. The molecule has 1 unspecified atom stereocenters. The zero-order valence-corrected chi connectivity index (χ0v) is 17.0. The van der Waals surface area contributed by atoms with Crippen molar-refractivity contribution in [1.29, 1.82) is 0 Å². The van der Waals surface area contributed by atoms with Gasteiger partial charge in [-0.15, -0.1) is 0 Å². The molecular formula is C21H31N3O4. The summed E-state index contributed by atoms with van der Waals surface area (Å²) in [7, 11) is 1.58. The van der Waals surface area contributed by atoms with Gasteiger partial charge in [0.05, 0.1) is 6.10 Å². The van der Waals surface area contributed by atoms with Crippen LogP contribution in [0.15, 0.2) is 12.1 Å². The van der Waals surface area contributed by atoms with Crippen molar-refractivity contribution < 1.29 is 19.1 Å². The van der Waals surface area contributed by atoms with Crippen molar-refractivity contribution in [3.05, 3.63) is 23.4 Å². The van der Waals surface area contributed by atoms with Crippen LogP contribution in [0.3, 0.4) is 0 Å². The number of carbonyl (C=O) groups excluding carboxylic acids is 2. The first-order valence-corrected chi connectivity index (χ1v) is 10.3. The second-order valence-electron chi connectivity index (χ2n) is 7.63. The predicted octanol–water partition coefficient (Wildman–Crippen LogP) is 2.55. The first-order chi connectivity index (χ1) is 13.5. The number of amides is 2. The molecule has 7 heteroatoms. The molecule has 0 aromatic carbocycles. The molecule has 2 amide bonds. The van der Waals surface area contributed by atoms with Gasteiger partial charge in [0.15, 0.2) is 0 Å².